The summed E-state index contributed by atoms with van der Waals surface area (Å²) in [7, 11) is 0. The van der Waals surface area contributed by atoms with Gasteiger partial charge in [-0.05, 0) is 30.3 Å². The van der Waals surface area contributed by atoms with Crippen molar-refractivity contribution in [1.82, 2.24) is 9.78 Å². The summed E-state index contributed by atoms with van der Waals surface area (Å²) in [6.07, 6.45) is 0. The lowest BCUT2D eigenvalue weighted by Gasteiger charge is -2.15. The Hall–Kier alpha value is -1.42. The molecule has 0 aliphatic heterocycles. The molecule has 2 nitrogen and oxygen atoms in total. The molecule has 1 aromatic carbocycles. The molecule has 0 unspecified atom stereocenters. The second-order valence-corrected chi connectivity index (χ2v) is 5.49. The Kier molecular flexibility index (Phi) is 2.91. The van der Waals surface area contributed by atoms with Crippen LogP contribution in [-0.4, -0.2) is 9.78 Å². The van der Waals surface area contributed by atoms with E-state index in [0.717, 1.165) is 11.4 Å². The lowest BCUT2D eigenvalue weighted by Crippen LogP contribution is -2.12. The molecule has 0 aliphatic rings. The number of aromatic amines is 1. The fraction of sp³-hybridized carbons (Fsp3) is 0.308. The van der Waals surface area contributed by atoms with Crippen molar-refractivity contribution in [2.75, 3.05) is 0 Å². The van der Waals surface area contributed by atoms with Gasteiger partial charge in [0.25, 0.3) is 0 Å². The van der Waals surface area contributed by atoms with E-state index in [-0.39, 0.29) is 11.2 Å². The van der Waals surface area contributed by atoms with Gasteiger partial charge in [-0.25, -0.2) is 9.07 Å². The Balaban J connectivity index is 2.50. The third kappa shape index (κ3) is 2.47. The highest BCUT2D eigenvalue weighted by molar-refractivity contribution is 7.71. The van der Waals surface area contributed by atoms with Gasteiger partial charge in [-0.15, -0.1) is 0 Å². The molecule has 0 amide bonds. The summed E-state index contributed by atoms with van der Waals surface area (Å²) < 4.78 is 15.3. The van der Waals surface area contributed by atoms with Crippen LogP contribution >= 0.6 is 12.2 Å². The second-order valence-electron chi connectivity index (χ2n) is 5.07. The normalized spacial score (nSPS) is 11.8. The number of hydrogen-bond acceptors (Lipinski definition) is 1. The minimum atomic E-state index is -0.247. The summed E-state index contributed by atoms with van der Waals surface area (Å²) in [4.78, 5) is 0. The van der Waals surface area contributed by atoms with Crippen molar-refractivity contribution in [1.29, 1.82) is 0 Å². The molecule has 90 valence electrons. The molecular formula is C13H15FN2S. The van der Waals surface area contributed by atoms with Crippen molar-refractivity contribution in [2.24, 2.45) is 0 Å². The summed E-state index contributed by atoms with van der Waals surface area (Å²) in [5, 5.41) is 3.25. The van der Waals surface area contributed by atoms with Crippen LogP contribution in [0.4, 0.5) is 4.39 Å². The van der Waals surface area contributed by atoms with Crippen molar-refractivity contribution < 1.29 is 4.39 Å². The number of H-pyrrole nitrogens is 1. The van der Waals surface area contributed by atoms with E-state index in [1.54, 1.807) is 16.8 Å². The number of nitrogens with zero attached hydrogens (tertiary/aromatic N) is 1. The first-order valence-electron chi connectivity index (χ1n) is 5.46. The largest absolute Gasteiger partial charge is 0.296 e. The Morgan fingerprint density at radius 1 is 1.18 bits per heavy atom. The van der Waals surface area contributed by atoms with Gasteiger partial charge in [-0.1, -0.05) is 33.0 Å². The minimum Gasteiger partial charge on any atom is -0.296 e. The first-order valence-corrected chi connectivity index (χ1v) is 5.87. The van der Waals surface area contributed by atoms with Gasteiger partial charge in [-0.3, -0.25) is 5.10 Å². The fourth-order valence-electron chi connectivity index (χ4n) is 1.56. The van der Waals surface area contributed by atoms with Gasteiger partial charge < -0.3 is 0 Å². The van der Waals surface area contributed by atoms with Gasteiger partial charge in [0.05, 0.1) is 5.69 Å². The monoisotopic (exact) mass is 250 g/mol. The standard InChI is InChI=1S/C13H15FN2S/c1-13(2,3)11-8-12(17)16(15-11)10-6-4-9(14)5-7-10/h4-8,15H,1-3H3. The van der Waals surface area contributed by atoms with E-state index in [1.807, 2.05) is 6.07 Å². The number of halogens is 1. The number of rotatable bonds is 1. The Labute approximate surface area is 105 Å². The molecule has 0 radical (unpaired) electrons. The van der Waals surface area contributed by atoms with Crippen molar-refractivity contribution in [3.63, 3.8) is 0 Å². The van der Waals surface area contributed by atoms with Gasteiger partial charge in [0.15, 0.2) is 0 Å². The number of benzene rings is 1. The Bertz CT molecular complexity index is 573. The Morgan fingerprint density at radius 3 is 2.24 bits per heavy atom. The molecule has 0 bridgehead atoms. The van der Waals surface area contributed by atoms with Crippen molar-refractivity contribution in [3.8, 4) is 5.69 Å². The van der Waals surface area contributed by atoms with E-state index < -0.39 is 0 Å². The van der Waals surface area contributed by atoms with Crippen LogP contribution in [0, 0.1) is 10.5 Å². The van der Waals surface area contributed by atoms with Crippen LogP contribution in [0.2, 0.25) is 0 Å². The summed E-state index contributed by atoms with van der Waals surface area (Å²) in [6.45, 7) is 6.34. The molecule has 0 spiro atoms. The highest BCUT2D eigenvalue weighted by Gasteiger charge is 2.16. The molecule has 0 fully saturated rings. The number of aromatic nitrogens is 2. The summed E-state index contributed by atoms with van der Waals surface area (Å²) in [6, 6.07) is 8.20. The molecular weight excluding hydrogens is 235 g/mol. The zero-order valence-corrected chi connectivity index (χ0v) is 10.9. The summed E-state index contributed by atoms with van der Waals surface area (Å²) in [5.41, 5.74) is 1.91. The van der Waals surface area contributed by atoms with Gasteiger partial charge in [0.1, 0.15) is 10.5 Å². The zero-order chi connectivity index (χ0) is 12.6. The second kappa shape index (κ2) is 4.11. The average molecular weight is 250 g/mol. The molecule has 0 saturated heterocycles. The fourth-order valence-corrected chi connectivity index (χ4v) is 1.83. The zero-order valence-electron chi connectivity index (χ0n) is 10.1. The number of hydrogen-bond donors (Lipinski definition) is 1. The third-order valence-corrected chi connectivity index (χ3v) is 2.91. The van der Waals surface area contributed by atoms with E-state index in [0.29, 0.717) is 4.64 Å². The first kappa shape index (κ1) is 12.0. The molecule has 2 rings (SSSR count). The van der Waals surface area contributed by atoms with E-state index in [1.165, 1.54) is 12.1 Å². The maximum Gasteiger partial charge on any atom is 0.127 e. The molecule has 4 heteroatoms. The summed E-state index contributed by atoms with van der Waals surface area (Å²) >= 11 is 5.29. The van der Waals surface area contributed by atoms with Crippen molar-refractivity contribution in [2.45, 2.75) is 26.2 Å². The maximum absolute atomic E-state index is 12.9. The number of nitrogens with one attached hydrogen (secondary N) is 1. The van der Waals surface area contributed by atoms with Gasteiger partial charge in [0.2, 0.25) is 0 Å². The van der Waals surface area contributed by atoms with Crippen LogP contribution in [0.3, 0.4) is 0 Å². The molecule has 17 heavy (non-hydrogen) atoms. The first-order chi connectivity index (χ1) is 7.88. The van der Waals surface area contributed by atoms with E-state index in [9.17, 15) is 4.39 Å². The van der Waals surface area contributed by atoms with E-state index in [2.05, 4.69) is 25.9 Å². The van der Waals surface area contributed by atoms with Crippen LogP contribution < -0.4 is 0 Å². The smallest absolute Gasteiger partial charge is 0.127 e. The molecule has 0 atom stereocenters. The lowest BCUT2D eigenvalue weighted by molar-refractivity contribution is 0.560. The molecule has 1 heterocycles. The van der Waals surface area contributed by atoms with E-state index >= 15 is 0 Å². The predicted molar refractivity (Wildman–Crippen MR) is 69.6 cm³/mol. The molecule has 1 N–H and O–H groups in total. The van der Waals surface area contributed by atoms with Crippen molar-refractivity contribution in [3.05, 3.63) is 46.5 Å². The van der Waals surface area contributed by atoms with Gasteiger partial charge in [0, 0.05) is 11.1 Å². The minimum absolute atomic E-state index is 0.0127. The van der Waals surface area contributed by atoms with Crippen molar-refractivity contribution >= 4 is 12.2 Å². The van der Waals surface area contributed by atoms with Crippen LogP contribution in [0.15, 0.2) is 30.3 Å². The van der Waals surface area contributed by atoms with E-state index in [4.69, 9.17) is 12.2 Å². The molecule has 0 saturated carbocycles. The highest BCUT2D eigenvalue weighted by Crippen LogP contribution is 2.21. The highest BCUT2D eigenvalue weighted by atomic mass is 32.1. The van der Waals surface area contributed by atoms with Gasteiger partial charge in [-0.2, -0.15) is 0 Å². The Morgan fingerprint density at radius 2 is 1.76 bits per heavy atom. The molecule has 2 aromatic rings. The SMILES string of the molecule is CC(C)(C)c1cc(=S)n(-c2ccc(F)cc2)[nH]1. The van der Waals surface area contributed by atoms with Gasteiger partial charge >= 0.3 is 0 Å². The third-order valence-electron chi connectivity index (χ3n) is 2.61. The topological polar surface area (TPSA) is 20.7 Å². The molecule has 1 aromatic heterocycles. The van der Waals surface area contributed by atoms with Crippen LogP contribution in [-0.2, 0) is 5.41 Å². The molecule has 0 aliphatic carbocycles. The van der Waals surface area contributed by atoms with Crippen LogP contribution in [0.25, 0.3) is 5.69 Å². The average Bonchev–Trinajstić information content (AvgIpc) is 2.61. The lowest BCUT2D eigenvalue weighted by atomic mass is 9.93. The van der Waals surface area contributed by atoms with Crippen LogP contribution in [0.5, 0.6) is 0 Å². The summed E-state index contributed by atoms with van der Waals surface area (Å²) in [5.74, 6) is -0.247. The maximum atomic E-state index is 12.9. The van der Waals surface area contributed by atoms with Crippen LogP contribution in [0.1, 0.15) is 26.5 Å². The quantitative estimate of drug-likeness (QED) is 0.759. The predicted octanol–water partition coefficient (Wildman–Crippen LogP) is 3.97.